The smallest absolute Gasteiger partial charge is 0.141 e. The number of ether oxygens (including phenoxy) is 1. The van der Waals surface area contributed by atoms with E-state index in [-0.39, 0.29) is 5.60 Å². The number of fused-ring (bicyclic) bond motifs is 1. The Kier molecular flexibility index (Phi) is 2.08. The minimum Gasteiger partial charge on any atom is -0.481 e. The molecule has 0 aromatic heterocycles. The van der Waals surface area contributed by atoms with Gasteiger partial charge in [0.25, 0.3) is 0 Å². The number of rotatable bonds is 0. The second-order valence-corrected chi connectivity index (χ2v) is 4.85. The molecule has 84 valence electrons. The van der Waals surface area contributed by atoms with E-state index in [1.54, 1.807) is 0 Å². The van der Waals surface area contributed by atoms with Gasteiger partial charge in [-0.1, -0.05) is 18.2 Å². The van der Waals surface area contributed by atoms with Crippen LogP contribution < -0.4 is 10.1 Å². The first-order chi connectivity index (χ1) is 7.70. The van der Waals surface area contributed by atoms with Crippen LogP contribution in [0, 0.1) is 13.8 Å². The van der Waals surface area contributed by atoms with Crippen LogP contribution in [0.3, 0.4) is 0 Å². The molecule has 0 amide bonds. The van der Waals surface area contributed by atoms with Gasteiger partial charge in [-0.2, -0.15) is 0 Å². The van der Waals surface area contributed by atoms with Crippen LogP contribution in [-0.2, 0) is 0 Å². The number of aryl methyl sites for hydroxylation is 1. The average Bonchev–Trinajstić information content (AvgIpc) is 2.73. The average molecular weight is 215 g/mol. The molecule has 2 heterocycles. The molecule has 0 radical (unpaired) electrons. The predicted molar refractivity (Wildman–Crippen MR) is 65.8 cm³/mol. The summed E-state index contributed by atoms with van der Waals surface area (Å²) in [6.45, 7) is 6.25. The maximum Gasteiger partial charge on any atom is 0.141 e. The van der Waals surface area contributed by atoms with Crippen molar-refractivity contribution in [3.8, 4) is 5.75 Å². The molecule has 1 atom stereocenters. The van der Waals surface area contributed by atoms with Gasteiger partial charge in [0.1, 0.15) is 11.4 Å². The van der Waals surface area contributed by atoms with Crippen molar-refractivity contribution in [3.05, 3.63) is 34.9 Å². The predicted octanol–water partition coefficient (Wildman–Crippen LogP) is 2.44. The van der Waals surface area contributed by atoms with E-state index in [1.807, 2.05) is 0 Å². The zero-order valence-corrected chi connectivity index (χ0v) is 9.84. The van der Waals surface area contributed by atoms with E-state index in [2.05, 4.69) is 43.4 Å². The standard InChI is InChI=1S/C14H17NO/c1-10-3-4-12-5-6-14(7-8-15-9-14)16-13(12)11(10)2/h3-6,15H,7-9H2,1-2H3. The molecule has 2 nitrogen and oxygen atoms in total. The summed E-state index contributed by atoms with van der Waals surface area (Å²) in [4.78, 5) is 0. The molecule has 1 aromatic carbocycles. The number of benzene rings is 1. The summed E-state index contributed by atoms with van der Waals surface area (Å²) in [7, 11) is 0. The molecule has 1 saturated heterocycles. The number of nitrogens with one attached hydrogen (secondary N) is 1. The zero-order valence-electron chi connectivity index (χ0n) is 9.84. The second kappa shape index (κ2) is 3.36. The Labute approximate surface area is 96.3 Å². The Bertz CT molecular complexity index is 456. The molecule has 0 aliphatic carbocycles. The van der Waals surface area contributed by atoms with Crippen LogP contribution in [0.15, 0.2) is 18.2 Å². The highest BCUT2D eigenvalue weighted by molar-refractivity contribution is 5.64. The van der Waals surface area contributed by atoms with Gasteiger partial charge in [-0.3, -0.25) is 0 Å². The molecule has 0 saturated carbocycles. The van der Waals surface area contributed by atoms with Crippen LogP contribution in [0.2, 0.25) is 0 Å². The minimum atomic E-state index is -0.0917. The van der Waals surface area contributed by atoms with E-state index >= 15 is 0 Å². The monoisotopic (exact) mass is 215 g/mol. The van der Waals surface area contributed by atoms with Crippen LogP contribution in [0.1, 0.15) is 23.1 Å². The lowest BCUT2D eigenvalue weighted by Crippen LogP contribution is -2.38. The minimum absolute atomic E-state index is 0.0917. The lowest BCUT2D eigenvalue weighted by Gasteiger charge is -2.32. The molecule has 2 aliphatic heterocycles. The highest BCUT2D eigenvalue weighted by Crippen LogP contribution is 2.37. The van der Waals surface area contributed by atoms with Gasteiger partial charge in [0, 0.05) is 18.5 Å². The van der Waals surface area contributed by atoms with Crippen LogP contribution in [0.4, 0.5) is 0 Å². The van der Waals surface area contributed by atoms with E-state index in [4.69, 9.17) is 4.74 Å². The molecule has 2 aliphatic rings. The quantitative estimate of drug-likeness (QED) is 0.717. The summed E-state index contributed by atoms with van der Waals surface area (Å²) < 4.78 is 6.24. The molecule has 1 unspecified atom stereocenters. The topological polar surface area (TPSA) is 21.3 Å². The van der Waals surface area contributed by atoms with E-state index in [0.717, 1.165) is 25.3 Å². The lowest BCUT2D eigenvalue weighted by molar-refractivity contribution is 0.138. The number of hydrogen-bond donors (Lipinski definition) is 1. The van der Waals surface area contributed by atoms with Gasteiger partial charge in [-0.15, -0.1) is 0 Å². The fraction of sp³-hybridized carbons (Fsp3) is 0.429. The Morgan fingerprint density at radius 3 is 2.94 bits per heavy atom. The third kappa shape index (κ3) is 1.37. The van der Waals surface area contributed by atoms with Gasteiger partial charge in [-0.25, -0.2) is 0 Å². The fourth-order valence-electron chi connectivity index (χ4n) is 2.47. The van der Waals surface area contributed by atoms with Crippen molar-refractivity contribution in [2.45, 2.75) is 25.9 Å². The Balaban J connectivity index is 2.07. The van der Waals surface area contributed by atoms with Crippen LogP contribution in [-0.4, -0.2) is 18.7 Å². The van der Waals surface area contributed by atoms with E-state index in [1.165, 1.54) is 16.7 Å². The largest absolute Gasteiger partial charge is 0.481 e. The molecule has 2 heteroatoms. The van der Waals surface area contributed by atoms with Gasteiger partial charge in [0.15, 0.2) is 0 Å². The molecule has 1 fully saturated rings. The first-order valence-electron chi connectivity index (χ1n) is 5.89. The highest BCUT2D eigenvalue weighted by Gasteiger charge is 2.36. The molecular weight excluding hydrogens is 198 g/mol. The Morgan fingerprint density at radius 2 is 2.19 bits per heavy atom. The highest BCUT2D eigenvalue weighted by atomic mass is 16.5. The van der Waals surface area contributed by atoms with Crippen molar-refractivity contribution in [1.29, 1.82) is 0 Å². The molecular formula is C14H17NO. The van der Waals surface area contributed by atoms with Crippen molar-refractivity contribution in [2.24, 2.45) is 0 Å². The normalized spacial score (nSPS) is 26.9. The molecule has 16 heavy (non-hydrogen) atoms. The van der Waals surface area contributed by atoms with Gasteiger partial charge in [0.2, 0.25) is 0 Å². The van der Waals surface area contributed by atoms with Crippen LogP contribution in [0.5, 0.6) is 5.75 Å². The summed E-state index contributed by atoms with van der Waals surface area (Å²) in [6, 6.07) is 4.30. The SMILES string of the molecule is Cc1ccc2c(c1C)OC1(C=C2)CCNC1. The van der Waals surface area contributed by atoms with E-state index in [9.17, 15) is 0 Å². The fourth-order valence-corrected chi connectivity index (χ4v) is 2.47. The summed E-state index contributed by atoms with van der Waals surface area (Å²) in [5.41, 5.74) is 3.69. The Morgan fingerprint density at radius 1 is 1.31 bits per heavy atom. The summed E-state index contributed by atoms with van der Waals surface area (Å²) in [5.74, 6) is 1.08. The lowest BCUT2D eigenvalue weighted by atomic mass is 9.95. The van der Waals surface area contributed by atoms with Crippen molar-refractivity contribution in [1.82, 2.24) is 5.32 Å². The molecule has 1 aromatic rings. The molecule has 3 rings (SSSR count). The molecule has 1 spiro atoms. The van der Waals surface area contributed by atoms with Gasteiger partial charge in [0.05, 0.1) is 0 Å². The van der Waals surface area contributed by atoms with E-state index in [0.29, 0.717) is 0 Å². The molecule has 1 N–H and O–H groups in total. The first kappa shape index (κ1) is 9.91. The first-order valence-corrected chi connectivity index (χ1v) is 5.89. The van der Waals surface area contributed by atoms with Crippen LogP contribution >= 0.6 is 0 Å². The maximum absolute atomic E-state index is 6.24. The third-order valence-corrected chi connectivity index (χ3v) is 3.73. The van der Waals surface area contributed by atoms with Gasteiger partial charge in [-0.05, 0) is 37.6 Å². The van der Waals surface area contributed by atoms with Gasteiger partial charge >= 0.3 is 0 Å². The second-order valence-electron chi connectivity index (χ2n) is 4.85. The van der Waals surface area contributed by atoms with Crippen LogP contribution in [0.25, 0.3) is 6.08 Å². The van der Waals surface area contributed by atoms with Crippen molar-refractivity contribution in [2.75, 3.05) is 13.1 Å². The van der Waals surface area contributed by atoms with E-state index < -0.39 is 0 Å². The van der Waals surface area contributed by atoms with Gasteiger partial charge < -0.3 is 10.1 Å². The Hall–Kier alpha value is -1.28. The number of hydrogen-bond acceptors (Lipinski definition) is 2. The summed E-state index contributed by atoms with van der Waals surface area (Å²) in [6.07, 6.45) is 5.48. The maximum atomic E-state index is 6.24. The van der Waals surface area contributed by atoms with Crippen molar-refractivity contribution >= 4 is 6.08 Å². The summed E-state index contributed by atoms with van der Waals surface area (Å²) in [5, 5.41) is 3.37. The van der Waals surface area contributed by atoms with Crippen molar-refractivity contribution in [3.63, 3.8) is 0 Å². The third-order valence-electron chi connectivity index (χ3n) is 3.73. The van der Waals surface area contributed by atoms with Crippen molar-refractivity contribution < 1.29 is 4.74 Å². The molecule has 0 bridgehead atoms. The zero-order chi connectivity index (χ0) is 11.2. The summed E-state index contributed by atoms with van der Waals surface area (Å²) >= 11 is 0.